The summed E-state index contributed by atoms with van der Waals surface area (Å²) in [5.74, 6) is -0.195. The van der Waals surface area contributed by atoms with Gasteiger partial charge in [0.15, 0.2) is 0 Å². The number of aryl methyl sites for hydroxylation is 1. The minimum Gasteiger partial charge on any atom is -0.376 e. The van der Waals surface area contributed by atoms with Gasteiger partial charge in [0.2, 0.25) is 0 Å². The molecule has 4 aromatic rings. The van der Waals surface area contributed by atoms with Crippen molar-refractivity contribution in [3.05, 3.63) is 102 Å². The van der Waals surface area contributed by atoms with E-state index < -0.39 is 0 Å². The number of anilines is 1. The van der Waals surface area contributed by atoms with Crippen molar-refractivity contribution in [2.75, 3.05) is 11.9 Å². The predicted molar refractivity (Wildman–Crippen MR) is 123 cm³/mol. The molecule has 5 nitrogen and oxygen atoms in total. The van der Waals surface area contributed by atoms with Crippen LogP contribution in [0.15, 0.2) is 90.2 Å². The summed E-state index contributed by atoms with van der Waals surface area (Å²) >= 11 is 0. The largest absolute Gasteiger partial charge is 0.376 e. The lowest BCUT2D eigenvalue weighted by Gasteiger charge is -2.05. The fraction of sp³-hybridized carbons (Fsp3) is 0.120. The third-order valence-electron chi connectivity index (χ3n) is 4.91. The van der Waals surface area contributed by atoms with E-state index in [4.69, 9.17) is 0 Å². The number of hydrazone groups is 1. The van der Waals surface area contributed by atoms with E-state index in [0.717, 1.165) is 28.7 Å². The second-order valence-corrected chi connectivity index (χ2v) is 7.23. The van der Waals surface area contributed by atoms with E-state index in [0.29, 0.717) is 0 Å². The highest BCUT2D eigenvalue weighted by molar-refractivity contribution is 5.99. The highest BCUT2D eigenvalue weighted by Gasteiger charge is 2.07. The van der Waals surface area contributed by atoms with E-state index in [9.17, 15) is 4.79 Å². The number of hydrogen-bond acceptors (Lipinski definition) is 3. The number of amides is 1. The molecule has 0 aliphatic rings. The Morgan fingerprint density at radius 1 is 0.967 bits per heavy atom. The maximum Gasteiger partial charge on any atom is 0.259 e. The van der Waals surface area contributed by atoms with Crippen molar-refractivity contribution in [3.8, 4) is 0 Å². The van der Waals surface area contributed by atoms with Gasteiger partial charge < -0.3 is 9.88 Å². The minimum absolute atomic E-state index is 0.163. The van der Waals surface area contributed by atoms with Gasteiger partial charge in [0, 0.05) is 34.9 Å². The summed E-state index contributed by atoms with van der Waals surface area (Å²) in [5, 5.41) is 8.35. The summed E-state index contributed by atoms with van der Waals surface area (Å²) in [6.07, 6.45) is 3.77. The Morgan fingerprint density at radius 3 is 2.50 bits per heavy atom. The zero-order chi connectivity index (χ0) is 20.8. The van der Waals surface area contributed by atoms with Crippen LogP contribution in [0, 0.1) is 6.92 Å². The van der Waals surface area contributed by atoms with Crippen LogP contribution < -0.4 is 10.7 Å². The third kappa shape index (κ3) is 4.75. The zero-order valence-electron chi connectivity index (χ0n) is 16.9. The van der Waals surface area contributed by atoms with E-state index >= 15 is 0 Å². The lowest BCUT2D eigenvalue weighted by Crippen LogP contribution is -2.25. The molecule has 0 atom stereocenters. The van der Waals surface area contributed by atoms with Gasteiger partial charge in [-0.25, -0.2) is 5.43 Å². The predicted octanol–water partition coefficient (Wildman–Crippen LogP) is 4.56. The molecule has 5 heteroatoms. The minimum atomic E-state index is -0.195. The van der Waals surface area contributed by atoms with Gasteiger partial charge in [0.25, 0.3) is 5.91 Å². The molecule has 0 fully saturated rings. The smallest absolute Gasteiger partial charge is 0.259 e. The number of carbonyl (C=O) groups is 1. The maximum atomic E-state index is 12.1. The maximum absolute atomic E-state index is 12.1. The summed E-state index contributed by atoms with van der Waals surface area (Å²) in [6, 6.07) is 26.5. The summed E-state index contributed by atoms with van der Waals surface area (Å²) in [6.45, 7) is 2.97. The van der Waals surface area contributed by atoms with E-state index in [1.165, 1.54) is 11.1 Å². The number of nitrogens with one attached hydrogen (secondary N) is 2. The molecule has 150 valence electrons. The van der Waals surface area contributed by atoms with Crippen molar-refractivity contribution in [2.45, 2.75) is 13.5 Å². The Kier molecular flexibility index (Phi) is 5.90. The van der Waals surface area contributed by atoms with Crippen molar-refractivity contribution in [3.63, 3.8) is 0 Å². The molecular weight excluding hydrogens is 372 g/mol. The normalized spacial score (nSPS) is 11.1. The molecule has 3 aromatic carbocycles. The first-order chi connectivity index (χ1) is 14.7. The zero-order valence-corrected chi connectivity index (χ0v) is 16.9. The monoisotopic (exact) mass is 396 g/mol. The molecule has 0 bridgehead atoms. The second-order valence-electron chi connectivity index (χ2n) is 7.23. The first kappa shape index (κ1) is 19.5. The van der Waals surface area contributed by atoms with Gasteiger partial charge >= 0.3 is 0 Å². The van der Waals surface area contributed by atoms with E-state index in [1.54, 1.807) is 6.21 Å². The molecule has 30 heavy (non-hydrogen) atoms. The van der Waals surface area contributed by atoms with Crippen LogP contribution in [0.3, 0.4) is 0 Å². The third-order valence-corrected chi connectivity index (χ3v) is 4.91. The number of hydrogen-bond donors (Lipinski definition) is 2. The number of aromatic nitrogens is 1. The Balaban J connectivity index is 1.42. The van der Waals surface area contributed by atoms with E-state index in [2.05, 4.69) is 50.9 Å². The van der Waals surface area contributed by atoms with Gasteiger partial charge in [-0.05, 0) is 30.7 Å². The molecule has 2 N–H and O–H groups in total. The summed E-state index contributed by atoms with van der Waals surface area (Å²) in [5.41, 5.74) is 8.02. The molecule has 0 unspecified atom stereocenters. The molecule has 0 spiro atoms. The molecule has 1 amide bonds. The quantitative estimate of drug-likeness (QED) is 0.355. The first-order valence-corrected chi connectivity index (χ1v) is 9.93. The van der Waals surface area contributed by atoms with Crippen molar-refractivity contribution in [1.82, 2.24) is 9.99 Å². The van der Waals surface area contributed by atoms with Crippen LogP contribution in [0.2, 0.25) is 0 Å². The van der Waals surface area contributed by atoms with Crippen LogP contribution in [0.25, 0.3) is 10.9 Å². The Labute approximate surface area is 176 Å². The number of carbonyl (C=O) groups excluding carboxylic acids is 1. The van der Waals surface area contributed by atoms with Gasteiger partial charge in [-0.1, -0.05) is 66.2 Å². The Bertz CT molecular complexity index is 1160. The number of rotatable bonds is 7. The van der Waals surface area contributed by atoms with Gasteiger partial charge in [-0.2, -0.15) is 5.10 Å². The molecule has 0 saturated carbocycles. The summed E-state index contributed by atoms with van der Waals surface area (Å²) < 4.78 is 2.20. The van der Waals surface area contributed by atoms with Crippen molar-refractivity contribution < 1.29 is 4.79 Å². The van der Waals surface area contributed by atoms with E-state index in [-0.39, 0.29) is 12.5 Å². The van der Waals surface area contributed by atoms with Gasteiger partial charge in [-0.3, -0.25) is 4.79 Å². The molecule has 0 aliphatic carbocycles. The topological polar surface area (TPSA) is 58.4 Å². The van der Waals surface area contributed by atoms with Crippen molar-refractivity contribution in [2.24, 2.45) is 5.10 Å². The standard InChI is InChI=1S/C25H24N4O/c1-19-11-13-22(14-12-19)26-16-25(30)28-27-15-21-18-29(17-20-7-3-2-4-8-20)24-10-6-5-9-23(21)24/h2-15,18,26H,16-17H2,1H3,(H,28,30)/b27-15+. The van der Waals surface area contributed by atoms with Crippen LogP contribution >= 0.6 is 0 Å². The fourth-order valence-electron chi connectivity index (χ4n) is 3.36. The molecule has 1 heterocycles. The van der Waals surface area contributed by atoms with E-state index in [1.807, 2.05) is 61.5 Å². The number of para-hydroxylation sites is 1. The van der Waals surface area contributed by atoms with Crippen LogP contribution in [0.1, 0.15) is 16.7 Å². The Morgan fingerprint density at radius 2 is 1.70 bits per heavy atom. The Hall–Kier alpha value is -3.86. The number of nitrogens with zero attached hydrogens (tertiary/aromatic N) is 2. The number of benzene rings is 3. The van der Waals surface area contributed by atoms with Gasteiger partial charge in [-0.15, -0.1) is 0 Å². The van der Waals surface area contributed by atoms with Crippen LogP contribution in [-0.4, -0.2) is 23.2 Å². The number of fused-ring (bicyclic) bond motifs is 1. The average molecular weight is 396 g/mol. The highest BCUT2D eigenvalue weighted by atomic mass is 16.2. The first-order valence-electron chi connectivity index (χ1n) is 9.93. The lowest BCUT2D eigenvalue weighted by atomic mass is 10.2. The van der Waals surface area contributed by atoms with Crippen LogP contribution in [0.4, 0.5) is 5.69 Å². The molecule has 0 radical (unpaired) electrons. The summed E-state index contributed by atoms with van der Waals surface area (Å²) in [4.78, 5) is 12.1. The fourth-order valence-corrected chi connectivity index (χ4v) is 3.36. The molecule has 0 saturated heterocycles. The van der Waals surface area contributed by atoms with Crippen molar-refractivity contribution in [1.29, 1.82) is 0 Å². The van der Waals surface area contributed by atoms with Crippen LogP contribution in [-0.2, 0) is 11.3 Å². The van der Waals surface area contributed by atoms with Gasteiger partial charge in [0.1, 0.15) is 0 Å². The van der Waals surface area contributed by atoms with Crippen molar-refractivity contribution >= 4 is 28.7 Å². The molecular formula is C25H24N4O. The second kappa shape index (κ2) is 9.09. The lowest BCUT2D eigenvalue weighted by molar-refractivity contribution is -0.119. The highest BCUT2D eigenvalue weighted by Crippen LogP contribution is 2.21. The summed E-state index contributed by atoms with van der Waals surface area (Å²) in [7, 11) is 0. The van der Waals surface area contributed by atoms with Gasteiger partial charge in [0.05, 0.1) is 12.8 Å². The molecule has 1 aromatic heterocycles. The van der Waals surface area contributed by atoms with Crippen LogP contribution in [0.5, 0.6) is 0 Å². The SMILES string of the molecule is Cc1ccc(NCC(=O)N/N=C/c2cn(Cc3ccccc3)c3ccccc23)cc1. The molecule has 4 rings (SSSR count). The average Bonchev–Trinajstić information content (AvgIpc) is 3.12. The molecule has 0 aliphatic heterocycles.